The summed E-state index contributed by atoms with van der Waals surface area (Å²) in [7, 11) is -2.90. The molecule has 0 saturated carbocycles. The topological polar surface area (TPSA) is 79.5 Å². The molecule has 30 heavy (non-hydrogen) atoms. The normalized spacial score (nSPS) is 16.8. The number of pyridine rings is 1. The van der Waals surface area contributed by atoms with Crippen molar-refractivity contribution in [2.45, 2.75) is 17.5 Å². The lowest BCUT2D eigenvalue weighted by Crippen LogP contribution is -2.37. The van der Waals surface area contributed by atoms with E-state index in [9.17, 15) is 26.4 Å². The predicted molar refractivity (Wildman–Crippen MR) is 103 cm³/mol. The molecule has 158 valence electrons. The fraction of sp³-hybridized carbons (Fsp3) is 0.211. The highest BCUT2D eigenvalue weighted by atomic mass is 35.5. The summed E-state index contributed by atoms with van der Waals surface area (Å²) in [6.45, 7) is -0.135. The van der Waals surface area contributed by atoms with Crippen molar-refractivity contribution >= 4 is 32.4 Å². The second-order valence-electron chi connectivity index (χ2n) is 6.79. The highest BCUT2D eigenvalue weighted by Crippen LogP contribution is 2.36. The van der Waals surface area contributed by atoms with E-state index in [2.05, 4.69) is 4.98 Å². The van der Waals surface area contributed by atoms with E-state index in [1.54, 1.807) is 0 Å². The number of nitrogens with one attached hydrogen (secondary N) is 1. The first-order valence-corrected chi connectivity index (χ1v) is 10.5. The van der Waals surface area contributed by atoms with Crippen LogP contribution in [0.5, 0.6) is 0 Å². The fourth-order valence-corrected chi connectivity index (χ4v) is 5.09. The van der Waals surface area contributed by atoms with Crippen LogP contribution in [0, 0.1) is 17.5 Å². The smallest absolute Gasteiger partial charge is 0.256 e. The number of rotatable bonds is 3. The van der Waals surface area contributed by atoms with Crippen molar-refractivity contribution in [1.82, 2.24) is 9.29 Å². The van der Waals surface area contributed by atoms with Gasteiger partial charge in [-0.1, -0.05) is 11.6 Å². The van der Waals surface area contributed by atoms with Gasteiger partial charge in [0.05, 0.1) is 34.6 Å². The first-order valence-electron chi connectivity index (χ1n) is 8.66. The van der Waals surface area contributed by atoms with Crippen LogP contribution in [0.3, 0.4) is 0 Å². The van der Waals surface area contributed by atoms with Gasteiger partial charge in [-0.15, -0.1) is 0 Å². The van der Waals surface area contributed by atoms with Crippen LogP contribution in [0.25, 0.3) is 10.8 Å². The molecule has 0 unspecified atom stereocenters. The lowest BCUT2D eigenvalue weighted by molar-refractivity contribution is 0.0626. The second kappa shape index (κ2) is 7.38. The molecule has 1 atom stereocenters. The molecule has 0 bridgehead atoms. The second-order valence-corrected chi connectivity index (χ2v) is 9.19. The summed E-state index contributed by atoms with van der Waals surface area (Å²) in [5, 5.41) is -0.396. The Morgan fingerprint density at radius 2 is 1.77 bits per heavy atom. The predicted octanol–water partition coefficient (Wildman–Crippen LogP) is 3.49. The zero-order valence-corrected chi connectivity index (χ0v) is 17.0. The molecule has 1 aromatic heterocycles. The molecule has 1 N–H and O–H groups in total. The van der Waals surface area contributed by atoms with Crippen LogP contribution in [0.1, 0.15) is 17.3 Å². The van der Waals surface area contributed by atoms with Gasteiger partial charge in [-0.3, -0.25) is 4.79 Å². The number of halogens is 4. The first-order chi connectivity index (χ1) is 14.1. The molecule has 0 aliphatic carbocycles. The molecule has 0 radical (unpaired) electrons. The molecular formula is C19H14ClF3N2O4S. The molecule has 0 amide bonds. The molecule has 2 aromatic carbocycles. The maximum atomic E-state index is 14.0. The Labute approximate surface area is 173 Å². The van der Waals surface area contributed by atoms with Crippen LogP contribution in [0.4, 0.5) is 13.2 Å². The van der Waals surface area contributed by atoms with Crippen LogP contribution >= 0.6 is 11.6 Å². The number of likely N-dealkylation sites (N-methyl/N-ethyl adjacent to an activating group) is 1. The first kappa shape index (κ1) is 20.9. The molecule has 0 saturated heterocycles. The number of hydrogen-bond acceptors (Lipinski definition) is 4. The number of nitrogens with zero attached hydrogens (tertiary/aromatic N) is 1. The Morgan fingerprint density at radius 1 is 1.10 bits per heavy atom. The van der Waals surface area contributed by atoms with Crippen LogP contribution in [-0.2, 0) is 21.4 Å². The maximum absolute atomic E-state index is 14.0. The number of fused-ring (bicyclic) bond motifs is 3. The molecule has 0 spiro atoms. The molecular weight excluding hydrogens is 445 g/mol. The molecule has 11 heteroatoms. The van der Waals surface area contributed by atoms with Crippen LogP contribution in [0.15, 0.2) is 40.0 Å². The number of aromatic amines is 1. The van der Waals surface area contributed by atoms with Gasteiger partial charge in [-0.2, -0.15) is 4.31 Å². The molecule has 6 nitrogen and oxygen atoms in total. The molecule has 2 heterocycles. The molecule has 3 aromatic rings. The van der Waals surface area contributed by atoms with Gasteiger partial charge in [-0.05, 0) is 35.7 Å². The molecule has 0 fully saturated rings. The summed E-state index contributed by atoms with van der Waals surface area (Å²) in [5.41, 5.74) is -0.0919. The highest BCUT2D eigenvalue weighted by Gasteiger charge is 2.35. The van der Waals surface area contributed by atoms with Crippen molar-refractivity contribution in [3.63, 3.8) is 0 Å². The Hall–Kier alpha value is -2.40. The van der Waals surface area contributed by atoms with Crippen molar-refractivity contribution in [3.05, 3.63) is 74.4 Å². The SMILES string of the molecule is CN([C@@H]1COCc2[nH]c(=O)c3cc(F)c(F)cc3c21)S(=O)(=O)c1ccc(F)c(Cl)c1. The third-order valence-electron chi connectivity index (χ3n) is 5.05. The number of benzene rings is 2. The lowest BCUT2D eigenvalue weighted by atomic mass is 9.96. The third-order valence-corrected chi connectivity index (χ3v) is 7.20. The van der Waals surface area contributed by atoms with Gasteiger partial charge in [0.15, 0.2) is 11.6 Å². The van der Waals surface area contributed by atoms with Gasteiger partial charge in [0.2, 0.25) is 10.0 Å². The van der Waals surface area contributed by atoms with E-state index in [0.29, 0.717) is 5.56 Å². The van der Waals surface area contributed by atoms with E-state index in [0.717, 1.165) is 34.6 Å². The number of ether oxygens (including phenoxy) is 1. The monoisotopic (exact) mass is 458 g/mol. The summed E-state index contributed by atoms with van der Waals surface area (Å²) >= 11 is 5.72. The van der Waals surface area contributed by atoms with Gasteiger partial charge < -0.3 is 9.72 Å². The summed E-state index contributed by atoms with van der Waals surface area (Å²) in [5.74, 6) is -3.14. The minimum Gasteiger partial charge on any atom is -0.373 e. The van der Waals surface area contributed by atoms with E-state index in [4.69, 9.17) is 16.3 Å². The molecule has 4 rings (SSSR count). The van der Waals surface area contributed by atoms with Crippen molar-refractivity contribution in [2.75, 3.05) is 13.7 Å². The molecule has 1 aliphatic rings. The number of hydrogen-bond donors (Lipinski definition) is 1. The Balaban J connectivity index is 1.90. The Bertz CT molecular complexity index is 1340. The van der Waals surface area contributed by atoms with Crippen molar-refractivity contribution in [1.29, 1.82) is 0 Å². The van der Waals surface area contributed by atoms with Gasteiger partial charge in [0, 0.05) is 18.3 Å². The largest absolute Gasteiger partial charge is 0.373 e. The van der Waals surface area contributed by atoms with Crippen LogP contribution in [-0.4, -0.2) is 31.4 Å². The quantitative estimate of drug-likeness (QED) is 0.651. The number of H-pyrrole nitrogens is 1. The van der Waals surface area contributed by atoms with Crippen LogP contribution in [0.2, 0.25) is 5.02 Å². The standard InChI is InChI=1S/C19H14ClF3N2O4S/c1-25(30(27,28)9-2-3-13(21)12(20)4-9)17-8-29-7-16-18(17)10-5-14(22)15(23)6-11(10)19(26)24-16/h2-6,17H,7-8H2,1H3,(H,24,26)/t17-/m1/s1. The van der Waals surface area contributed by atoms with Crippen LogP contribution < -0.4 is 5.56 Å². The van der Waals surface area contributed by atoms with E-state index in [-0.39, 0.29) is 39.6 Å². The van der Waals surface area contributed by atoms with E-state index < -0.39 is 39.1 Å². The van der Waals surface area contributed by atoms with E-state index >= 15 is 0 Å². The van der Waals surface area contributed by atoms with Gasteiger partial charge in [0.1, 0.15) is 5.82 Å². The Morgan fingerprint density at radius 3 is 2.43 bits per heavy atom. The average molecular weight is 459 g/mol. The maximum Gasteiger partial charge on any atom is 0.256 e. The summed E-state index contributed by atoms with van der Waals surface area (Å²) < 4.78 is 73.7. The summed E-state index contributed by atoms with van der Waals surface area (Å²) in [6, 6.07) is 3.65. The number of aromatic nitrogens is 1. The third kappa shape index (κ3) is 3.29. The average Bonchev–Trinajstić information content (AvgIpc) is 2.70. The highest BCUT2D eigenvalue weighted by molar-refractivity contribution is 7.89. The molecule has 1 aliphatic heterocycles. The zero-order valence-electron chi connectivity index (χ0n) is 15.4. The zero-order chi connectivity index (χ0) is 21.8. The van der Waals surface area contributed by atoms with Crippen molar-refractivity contribution in [2.24, 2.45) is 0 Å². The minimum absolute atomic E-state index is 0.0354. The summed E-state index contributed by atoms with van der Waals surface area (Å²) in [4.78, 5) is 14.6. The van der Waals surface area contributed by atoms with Crippen molar-refractivity contribution < 1.29 is 26.3 Å². The number of sulfonamides is 1. The van der Waals surface area contributed by atoms with Gasteiger partial charge in [0.25, 0.3) is 5.56 Å². The van der Waals surface area contributed by atoms with E-state index in [1.807, 2.05) is 0 Å². The fourth-order valence-electron chi connectivity index (χ4n) is 3.50. The minimum atomic E-state index is -4.18. The summed E-state index contributed by atoms with van der Waals surface area (Å²) in [6.07, 6.45) is 0. The van der Waals surface area contributed by atoms with Crippen molar-refractivity contribution in [3.8, 4) is 0 Å². The van der Waals surface area contributed by atoms with Gasteiger partial charge in [-0.25, -0.2) is 21.6 Å². The Kier molecular flexibility index (Phi) is 5.13. The van der Waals surface area contributed by atoms with E-state index in [1.165, 1.54) is 7.05 Å². The van der Waals surface area contributed by atoms with Gasteiger partial charge >= 0.3 is 0 Å². The lowest BCUT2D eigenvalue weighted by Gasteiger charge is -2.33.